The van der Waals surface area contributed by atoms with Gasteiger partial charge in [-0.3, -0.25) is 4.90 Å². The van der Waals surface area contributed by atoms with Gasteiger partial charge in [0.2, 0.25) is 11.8 Å². The molecule has 1 spiro atoms. The van der Waals surface area contributed by atoms with Gasteiger partial charge >= 0.3 is 0 Å². The Morgan fingerprint density at radius 3 is 2.88 bits per heavy atom. The van der Waals surface area contributed by atoms with Gasteiger partial charge < -0.3 is 14.2 Å². The predicted molar refractivity (Wildman–Crippen MR) is 97.2 cm³/mol. The number of nitrogens with zero attached hydrogens (tertiary/aromatic N) is 3. The van der Waals surface area contributed by atoms with E-state index in [1.54, 1.807) is 19.5 Å². The lowest BCUT2D eigenvalue weighted by atomic mass is 9.79. The topological polar surface area (TPSA) is 56.7 Å². The molecule has 0 aliphatic carbocycles. The number of hydrogen-bond donors (Lipinski definition) is 0. The average Bonchev–Trinajstić information content (AvgIpc) is 3.07. The van der Waals surface area contributed by atoms with Crippen LogP contribution in [0.2, 0.25) is 0 Å². The van der Waals surface area contributed by atoms with Gasteiger partial charge in [0.1, 0.15) is 0 Å². The Kier molecular flexibility index (Phi) is 5.04. The molecule has 2 fully saturated rings. The molecule has 2 aromatic rings. The molecule has 2 aromatic heterocycles. The number of ether oxygens (including phenoxy) is 3. The minimum atomic E-state index is -0.0110. The molecular formula is C20H25N3O3. The number of likely N-dealkylation sites (tertiary alicyclic amines) is 1. The average molecular weight is 355 g/mol. The van der Waals surface area contributed by atoms with Gasteiger partial charge in [-0.2, -0.15) is 0 Å². The number of rotatable bonds is 7. The third-order valence-electron chi connectivity index (χ3n) is 5.37. The Bertz CT molecular complexity index is 719. The van der Waals surface area contributed by atoms with Crippen LogP contribution < -0.4 is 9.47 Å². The van der Waals surface area contributed by atoms with Gasteiger partial charge in [-0.15, -0.1) is 0 Å². The second-order valence-electron chi connectivity index (χ2n) is 7.02. The molecule has 26 heavy (non-hydrogen) atoms. The first-order valence-electron chi connectivity index (χ1n) is 9.17. The van der Waals surface area contributed by atoms with Crippen molar-refractivity contribution >= 4 is 0 Å². The Morgan fingerprint density at radius 2 is 2.08 bits per heavy atom. The van der Waals surface area contributed by atoms with E-state index in [0.29, 0.717) is 24.3 Å². The fourth-order valence-electron chi connectivity index (χ4n) is 4.07. The van der Waals surface area contributed by atoms with Crippen LogP contribution in [0.5, 0.6) is 11.8 Å². The van der Waals surface area contributed by atoms with Crippen LogP contribution >= 0.6 is 0 Å². The first kappa shape index (κ1) is 17.2. The van der Waals surface area contributed by atoms with Crippen LogP contribution in [0.1, 0.15) is 18.4 Å². The molecule has 6 heteroatoms. The molecule has 0 aromatic carbocycles. The maximum Gasteiger partial charge on any atom is 0.217 e. The lowest BCUT2D eigenvalue weighted by Crippen LogP contribution is -2.64. The number of pyridine rings is 2. The quantitative estimate of drug-likeness (QED) is 0.761. The van der Waals surface area contributed by atoms with Crippen molar-refractivity contribution in [2.24, 2.45) is 5.92 Å². The van der Waals surface area contributed by atoms with Gasteiger partial charge in [0, 0.05) is 50.3 Å². The SMILES string of the molecule is COc1ncccc1CN1CC2(C1)OCC[C@@H]2CCOc1ccccn1. The summed E-state index contributed by atoms with van der Waals surface area (Å²) in [5, 5.41) is 0. The van der Waals surface area contributed by atoms with E-state index in [1.165, 1.54) is 0 Å². The minimum Gasteiger partial charge on any atom is -0.481 e. The maximum absolute atomic E-state index is 6.16. The van der Waals surface area contributed by atoms with Gasteiger partial charge in [-0.25, -0.2) is 9.97 Å². The van der Waals surface area contributed by atoms with Crippen molar-refractivity contribution in [3.8, 4) is 11.8 Å². The summed E-state index contributed by atoms with van der Waals surface area (Å²) in [6.07, 6.45) is 5.62. The molecule has 2 aliphatic heterocycles. The van der Waals surface area contributed by atoms with Gasteiger partial charge in [-0.05, 0) is 30.9 Å². The third-order valence-corrected chi connectivity index (χ3v) is 5.37. The monoisotopic (exact) mass is 355 g/mol. The van der Waals surface area contributed by atoms with E-state index >= 15 is 0 Å². The van der Waals surface area contributed by atoms with Crippen molar-refractivity contribution in [3.63, 3.8) is 0 Å². The molecule has 0 bridgehead atoms. The first-order chi connectivity index (χ1) is 12.8. The zero-order valence-corrected chi connectivity index (χ0v) is 15.1. The molecule has 0 unspecified atom stereocenters. The van der Waals surface area contributed by atoms with Gasteiger partial charge in [0.05, 0.1) is 19.3 Å². The second-order valence-corrected chi connectivity index (χ2v) is 7.02. The van der Waals surface area contributed by atoms with Crippen molar-refractivity contribution in [1.29, 1.82) is 0 Å². The van der Waals surface area contributed by atoms with Crippen LogP contribution in [-0.4, -0.2) is 53.9 Å². The minimum absolute atomic E-state index is 0.0110. The Balaban J connectivity index is 1.29. The van der Waals surface area contributed by atoms with E-state index < -0.39 is 0 Å². The fourth-order valence-corrected chi connectivity index (χ4v) is 4.07. The number of aromatic nitrogens is 2. The van der Waals surface area contributed by atoms with Crippen LogP contribution in [0.15, 0.2) is 42.7 Å². The highest BCUT2D eigenvalue weighted by Crippen LogP contribution is 2.42. The summed E-state index contributed by atoms with van der Waals surface area (Å²) in [6, 6.07) is 9.76. The molecule has 0 amide bonds. The Labute approximate surface area is 154 Å². The fraction of sp³-hybridized carbons (Fsp3) is 0.500. The molecule has 6 nitrogen and oxygen atoms in total. The molecule has 2 saturated heterocycles. The van der Waals surface area contributed by atoms with Crippen molar-refractivity contribution in [2.75, 3.05) is 33.4 Å². The van der Waals surface area contributed by atoms with Crippen molar-refractivity contribution < 1.29 is 14.2 Å². The van der Waals surface area contributed by atoms with Crippen molar-refractivity contribution in [2.45, 2.75) is 25.0 Å². The van der Waals surface area contributed by atoms with Crippen LogP contribution in [0.25, 0.3) is 0 Å². The summed E-state index contributed by atoms with van der Waals surface area (Å²) in [5.74, 6) is 1.94. The van der Waals surface area contributed by atoms with Crippen LogP contribution in [0.3, 0.4) is 0 Å². The molecule has 1 atom stereocenters. The van der Waals surface area contributed by atoms with E-state index in [9.17, 15) is 0 Å². The summed E-state index contributed by atoms with van der Waals surface area (Å²) >= 11 is 0. The molecule has 4 rings (SSSR count). The third kappa shape index (κ3) is 3.52. The van der Waals surface area contributed by atoms with Gasteiger partial charge in [0.15, 0.2) is 0 Å². The standard InChI is InChI=1S/C20H25N3O3/c1-24-19-16(5-4-10-22-19)13-23-14-20(15-23)17(8-12-26-20)7-11-25-18-6-2-3-9-21-18/h2-6,9-10,17H,7-8,11-15H2,1H3/t17-/m0/s1. The number of methoxy groups -OCH3 is 1. The van der Waals surface area contributed by atoms with Crippen LogP contribution in [0.4, 0.5) is 0 Å². The van der Waals surface area contributed by atoms with Crippen molar-refractivity contribution in [3.05, 3.63) is 48.3 Å². The van der Waals surface area contributed by atoms with E-state index in [2.05, 4.69) is 20.9 Å². The van der Waals surface area contributed by atoms with Gasteiger partial charge in [0.25, 0.3) is 0 Å². The van der Waals surface area contributed by atoms with E-state index in [-0.39, 0.29) is 5.60 Å². The summed E-state index contributed by atoms with van der Waals surface area (Å²) in [6.45, 7) is 4.29. The zero-order chi connectivity index (χ0) is 17.8. The molecule has 0 radical (unpaired) electrons. The molecule has 4 heterocycles. The Hall–Kier alpha value is -2.18. The molecule has 138 valence electrons. The lowest BCUT2D eigenvalue weighted by molar-refractivity contribution is -0.138. The van der Waals surface area contributed by atoms with Crippen LogP contribution in [0, 0.1) is 5.92 Å². The largest absolute Gasteiger partial charge is 0.481 e. The molecular weight excluding hydrogens is 330 g/mol. The van der Waals surface area contributed by atoms with Gasteiger partial charge in [-0.1, -0.05) is 12.1 Å². The molecule has 2 aliphatic rings. The van der Waals surface area contributed by atoms with Crippen LogP contribution in [-0.2, 0) is 11.3 Å². The second kappa shape index (κ2) is 7.60. The molecule has 0 N–H and O–H groups in total. The highest BCUT2D eigenvalue weighted by molar-refractivity contribution is 5.26. The smallest absolute Gasteiger partial charge is 0.217 e. The lowest BCUT2D eigenvalue weighted by Gasteiger charge is -2.50. The highest BCUT2D eigenvalue weighted by Gasteiger charge is 2.52. The van der Waals surface area contributed by atoms with E-state index in [0.717, 1.165) is 44.6 Å². The summed E-state index contributed by atoms with van der Waals surface area (Å²) < 4.78 is 17.3. The van der Waals surface area contributed by atoms with E-state index in [4.69, 9.17) is 14.2 Å². The van der Waals surface area contributed by atoms with Crippen molar-refractivity contribution in [1.82, 2.24) is 14.9 Å². The zero-order valence-electron chi connectivity index (χ0n) is 15.1. The number of hydrogen-bond acceptors (Lipinski definition) is 6. The van der Waals surface area contributed by atoms with E-state index in [1.807, 2.05) is 24.3 Å². The Morgan fingerprint density at radius 1 is 1.19 bits per heavy atom. The summed E-state index contributed by atoms with van der Waals surface area (Å²) in [7, 11) is 1.67. The normalized spacial score (nSPS) is 21.5. The first-order valence-corrected chi connectivity index (χ1v) is 9.17. The predicted octanol–water partition coefficient (Wildman–Crippen LogP) is 2.55. The highest BCUT2D eigenvalue weighted by atomic mass is 16.5. The summed E-state index contributed by atoms with van der Waals surface area (Å²) in [4.78, 5) is 10.9. The molecule has 0 saturated carbocycles. The summed E-state index contributed by atoms with van der Waals surface area (Å²) in [5.41, 5.74) is 1.11. The maximum atomic E-state index is 6.16.